The van der Waals surface area contributed by atoms with Crippen LogP contribution in [0.4, 0.5) is 0 Å². The number of allylic oxidation sites excluding steroid dienone is 2. The SMILES string of the molecule is CCOC(=O)c1ccccc1C1=CCCC1. The molecule has 1 aromatic carbocycles. The maximum Gasteiger partial charge on any atom is 0.338 e. The van der Waals surface area contributed by atoms with Crippen LogP contribution in [0.1, 0.15) is 42.1 Å². The Balaban J connectivity index is 2.33. The van der Waals surface area contributed by atoms with Gasteiger partial charge in [-0.15, -0.1) is 0 Å². The minimum absolute atomic E-state index is 0.217. The van der Waals surface area contributed by atoms with Gasteiger partial charge in [-0.05, 0) is 43.4 Å². The largest absolute Gasteiger partial charge is 0.462 e. The molecule has 2 heteroatoms. The Morgan fingerprint density at radius 3 is 2.88 bits per heavy atom. The monoisotopic (exact) mass is 216 g/mol. The van der Waals surface area contributed by atoms with Crippen LogP contribution in [0.5, 0.6) is 0 Å². The summed E-state index contributed by atoms with van der Waals surface area (Å²) in [6.45, 7) is 2.25. The van der Waals surface area contributed by atoms with E-state index in [9.17, 15) is 4.79 Å². The van der Waals surface area contributed by atoms with Gasteiger partial charge in [0.05, 0.1) is 12.2 Å². The van der Waals surface area contributed by atoms with Crippen LogP contribution in [0.15, 0.2) is 30.3 Å². The number of benzene rings is 1. The number of esters is 1. The minimum Gasteiger partial charge on any atom is -0.462 e. The zero-order chi connectivity index (χ0) is 11.4. The summed E-state index contributed by atoms with van der Waals surface area (Å²) < 4.78 is 5.06. The fourth-order valence-electron chi connectivity index (χ4n) is 2.07. The van der Waals surface area contributed by atoms with E-state index in [1.165, 1.54) is 12.0 Å². The van der Waals surface area contributed by atoms with E-state index in [0.29, 0.717) is 12.2 Å². The van der Waals surface area contributed by atoms with Crippen LogP contribution in [-0.4, -0.2) is 12.6 Å². The van der Waals surface area contributed by atoms with E-state index in [2.05, 4.69) is 6.08 Å². The smallest absolute Gasteiger partial charge is 0.338 e. The van der Waals surface area contributed by atoms with Gasteiger partial charge in [0, 0.05) is 0 Å². The van der Waals surface area contributed by atoms with Gasteiger partial charge in [-0.25, -0.2) is 4.79 Å². The van der Waals surface area contributed by atoms with Crippen LogP contribution >= 0.6 is 0 Å². The molecule has 0 radical (unpaired) electrons. The molecule has 1 aliphatic carbocycles. The summed E-state index contributed by atoms with van der Waals surface area (Å²) >= 11 is 0. The molecule has 16 heavy (non-hydrogen) atoms. The van der Waals surface area contributed by atoms with E-state index in [1.54, 1.807) is 0 Å². The summed E-state index contributed by atoms with van der Waals surface area (Å²) in [7, 11) is 0. The van der Waals surface area contributed by atoms with Crippen molar-refractivity contribution in [3.8, 4) is 0 Å². The Morgan fingerprint density at radius 1 is 1.38 bits per heavy atom. The molecule has 0 aromatic heterocycles. The Bertz CT molecular complexity index is 418. The van der Waals surface area contributed by atoms with Crippen molar-refractivity contribution in [2.75, 3.05) is 6.61 Å². The van der Waals surface area contributed by atoms with Gasteiger partial charge in [0.15, 0.2) is 0 Å². The average Bonchev–Trinajstić information content (AvgIpc) is 2.83. The molecule has 0 heterocycles. The lowest BCUT2D eigenvalue weighted by molar-refractivity contribution is 0.0526. The third-order valence-electron chi connectivity index (χ3n) is 2.81. The maximum atomic E-state index is 11.8. The van der Waals surface area contributed by atoms with Gasteiger partial charge in [-0.1, -0.05) is 24.3 Å². The van der Waals surface area contributed by atoms with Crippen molar-refractivity contribution in [1.29, 1.82) is 0 Å². The predicted octanol–water partition coefficient (Wildman–Crippen LogP) is 3.43. The number of ether oxygens (including phenoxy) is 1. The summed E-state index contributed by atoms with van der Waals surface area (Å²) in [5.41, 5.74) is 3.01. The molecule has 0 saturated carbocycles. The molecule has 0 fully saturated rings. The highest BCUT2D eigenvalue weighted by molar-refractivity contribution is 5.95. The predicted molar refractivity (Wildman–Crippen MR) is 64.2 cm³/mol. The van der Waals surface area contributed by atoms with Crippen LogP contribution in [0.3, 0.4) is 0 Å². The topological polar surface area (TPSA) is 26.3 Å². The molecule has 0 aliphatic heterocycles. The first kappa shape index (κ1) is 10.9. The van der Waals surface area contributed by atoms with Gasteiger partial charge in [-0.3, -0.25) is 0 Å². The highest BCUT2D eigenvalue weighted by atomic mass is 16.5. The second-order valence-electron chi connectivity index (χ2n) is 3.89. The van der Waals surface area contributed by atoms with Crippen LogP contribution in [0.2, 0.25) is 0 Å². The molecule has 1 aliphatic rings. The van der Waals surface area contributed by atoms with Gasteiger partial charge < -0.3 is 4.74 Å². The first-order valence-corrected chi connectivity index (χ1v) is 5.78. The highest BCUT2D eigenvalue weighted by Gasteiger charge is 2.16. The van der Waals surface area contributed by atoms with Crippen molar-refractivity contribution >= 4 is 11.5 Å². The lowest BCUT2D eigenvalue weighted by Gasteiger charge is -2.09. The van der Waals surface area contributed by atoms with Crippen molar-refractivity contribution in [3.05, 3.63) is 41.5 Å². The third kappa shape index (κ3) is 2.16. The molecule has 1 aromatic rings. The molecule has 0 N–H and O–H groups in total. The van der Waals surface area contributed by atoms with Gasteiger partial charge in [-0.2, -0.15) is 0 Å². The minimum atomic E-state index is -0.217. The quantitative estimate of drug-likeness (QED) is 0.723. The molecule has 0 saturated heterocycles. The van der Waals surface area contributed by atoms with Gasteiger partial charge in [0.2, 0.25) is 0 Å². The summed E-state index contributed by atoms with van der Waals surface area (Å²) in [4.78, 5) is 11.8. The highest BCUT2D eigenvalue weighted by Crippen LogP contribution is 2.30. The summed E-state index contributed by atoms with van der Waals surface area (Å²) in [6, 6.07) is 7.69. The van der Waals surface area contributed by atoms with E-state index in [-0.39, 0.29) is 5.97 Å². The zero-order valence-electron chi connectivity index (χ0n) is 9.53. The number of rotatable bonds is 3. The molecule has 0 spiro atoms. The molecule has 2 nitrogen and oxygen atoms in total. The summed E-state index contributed by atoms with van der Waals surface area (Å²) in [6.07, 6.45) is 5.59. The third-order valence-corrected chi connectivity index (χ3v) is 2.81. The summed E-state index contributed by atoms with van der Waals surface area (Å²) in [5, 5.41) is 0. The molecule has 84 valence electrons. The van der Waals surface area contributed by atoms with Crippen LogP contribution in [0.25, 0.3) is 5.57 Å². The van der Waals surface area contributed by atoms with Gasteiger partial charge in [0.1, 0.15) is 0 Å². The molecular formula is C14H16O2. The fourth-order valence-corrected chi connectivity index (χ4v) is 2.07. The van der Waals surface area contributed by atoms with E-state index < -0.39 is 0 Å². The number of carbonyl (C=O) groups excluding carboxylic acids is 1. The van der Waals surface area contributed by atoms with Crippen molar-refractivity contribution in [1.82, 2.24) is 0 Å². The molecular weight excluding hydrogens is 200 g/mol. The Morgan fingerprint density at radius 2 is 2.19 bits per heavy atom. The Hall–Kier alpha value is -1.57. The standard InChI is InChI=1S/C14H16O2/c1-2-16-14(15)13-10-6-5-9-12(13)11-7-3-4-8-11/h5-7,9-10H,2-4,8H2,1H3. The number of hydrogen-bond donors (Lipinski definition) is 0. The maximum absolute atomic E-state index is 11.8. The molecule has 0 unspecified atom stereocenters. The van der Waals surface area contributed by atoms with Crippen molar-refractivity contribution in [2.24, 2.45) is 0 Å². The molecule has 0 bridgehead atoms. The van der Waals surface area contributed by atoms with Gasteiger partial charge in [0.25, 0.3) is 0 Å². The zero-order valence-corrected chi connectivity index (χ0v) is 9.53. The first-order valence-electron chi connectivity index (χ1n) is 5.78. The molecule has 0 amide bonds. The molecule has 2 rings (SSSR count). The van der Waals surface area contributed by atoms with E-state index in [4.69, 9.17) is 4.74 Å². The lowest BCUT2D eigenvalue weighted by Crippen LogP contribution is -2.07. The Labute approximate surface area is 95.9 Å². The van der Waals surface area contributed by atoms with E-state index in [0.717, 1.165) is 18.4 Å². The van der Waals surface area contributed by atoms with Crippen LogP contribution in [0, 0.1) is 0 Å². The fraction of sp³-hybridized carbons (Fsp3) is 0.357. The summed E-state index contributed by atoms with van der Waals surface area (Å²) in [5.74, 6) is -0.217. The van der Waals surface area contributed by atoms with Crippen molar-refractivity contribution in [3.63, 3.8) is 0 Å². The normalized spacial score (nSPS) is 14.7. The van der Waals surface area contributed by atoms with E-state index in [1.807, 2.05) is 31.2 Å². The molecule has 0 atom stereocenters. The van der Waals surface area contributed by atoms with Crippen LogP contribution in [-0.2, 0) is 4.74 Å². The van der Waals surface area contributed by atoms with Gasteiger partial charge >= 0.3 is 5.97 Å². The number of carbonyl (C=O) groups is 1. The van der Waals surface area contributed by atoms with Crippen molar-refractivity contribution < 1.29 is 9.53 Å². The van der Waals surface area contributed by atoms with E-state index >= 15 is 0 Å². The van der Waals surface area contributed by atoms with Crippen LogP contribution < -0.4 is 0 Å². The first-order chi connectivity index (χ1) is 7.83. The number of hydrogen-bond acceptors (Lipinski definition) is 2. The van der Waals surface area contributed by atoms with Crippen molar-refractivity contribution in [2.45, 2.75) is 26.2 Å². The lowest BCUT2D eigenvalue weighted by atomic mass is 9.99. The second-order valence-corrected chi connectivity index (χ2v) is 3.89. The average molecular weight is 216 g/mol. The second kappa shape index (κ2) is 4.97. The Kier molecular flexibility index (Phi) is 3.40.